The topological polar surface area (TPSA) is 52.3 Å². The highest BCUT2D eigenvalue weighted by atomic mass is 16.5. The van der Waals surface area contributed by atoms with E-state index in [1.807, 2.05) is 12.1 Å². The second kappa shape index (κ2) is 7.85. The van der Waals surface area contributed by atoms with Gasteiger partial charge in [-0.25, -0.2) is 4.79 Å². The van der Waals surface area contributed by atoms with Crippen molar-refractivity contribution in [3.05, 3.63) is 35.4 Å². The van der Waals surface area contributed by atoms with Crippen molar-refractivity contribution in [1.82, 2.24) is 0 Å². The van der Waals surface area contributed by atoms with Gasteiger partial charge in [-0.3, -0.25) is 0 Å². The van der Waals surface area contributed by atoms with E-state index in [0.29, 0.717) is 18.7 Å². The highest BCUT2D eigenvalue weighted by molar-refractivity contribution is 5.89. The van der Waals surface area contributed by atoms with Gasteiger partial charge in [-0.2, -0.15) is 0 Å². The van der Waals surface area contributed by atoms with Gasteiger partial charge in [-0.05, 0) is 24.1 Å². The van der Waals surface area contributed by atoms with Crippen molar-refractivity contribution in [3.63, 3.8) is 0 Å². The lowest BCUT2D eigenvalue weighted by atomic mass is 10.1. The normalized spacial score (nSPS) is 10.2. The summed E-state index contributed by atoms with van der Waals surface area (Å²) in [5.74, 6) is -0.245. The maximum absolute atomic E-state index is 11.6. The number of esters is 1. The summed E-state index contributed by atoms with van der Waals surface area (Å²) in [6.07, 6.45) is 4.45. The van der Waals surface area contributed by atoms with E-state index >= 15 is 0 Å². The Morgan fingerprint density at radius 1 is 1.18 bits per heavy atom. The van der Waals surface area contributed by atoms with Crippen molar-refractivity contribution in [1.29, 1.82) is 0 Å². The van der Waals surface area contributed by atoms with Crippen LogP contribution in [0, 0.1) is 0 Å². The Bertz CT molecular complexity index is 333. The van der Waals surface area contributed by atoms with Gasteiger partial charge in [0.2, 0.25) is 0 Å². The lowest BCUT2D eigenvalue weighted by Gasteiger charge is -2.05. The molecule has 94 valence electrons. The zero-order chi connectivity index (χ0) is 12.5. The van der Waals surface area contributed by atoms with E-state index in [1.54, 1.807) is 12.1 Å². The molecule has 0 fully saturated rings. The van der Waals surface area contributed by atoms with Crippen LogP contribution in [0.1, 0.15) is 48.5 Å². The zero-order valence-corrected chi connectivity index (χ0v) is 10.4. The molecular formula is C14H21NO2. The molecule has 3 heteroatoms. The van der Waals surface area contributed by atoms with Gasteiger partial charge in [-0.1, -0.05) is 38.3 Å². The lowest BCUT2D eigenvalue weighted by Crippen LogP contribution is -2.07. The molecule has 0 aliphatic heterocycles. The first-order chi connectivity index (χ1) is 8.27. The molecule has 0 aliphatic carbocycles. The van der Waals surface area contributed by atoms with Crippen LogP contribution in [-0.4, -0.2) is 12.6 Å². The van der Waals surface area contributed by atoms with Gasteiger partial charge in [0.1, 0.15) is 0 Å². The van der Waals surface area contributed by atoms with Crippen LogP contribution in [0.15, 0.2) is 24.3 Å². The highest BCUT2D eigenvalue weighted by Gasteiger charge is 2.05. The molecule has 0 amide bonds. The van der Waals surface area contributed by atoms with Crippen molar-refractivity contribution in [2.24, 2.45) is 5.73 Å². The Kier molecular flexibility index (Phi) is 6.33. The number of carbonyl (C=O) groups is 1. The zero-order valence-electron chi connectivity index (χ0n) is 10.4. The summed E-state index contributed by atoms with van der Waals surface area (Å²) in [4.78, 5) is 11.6. The molecular weight excluding hydrogens is 214 g/mol. The van der Waals surface area contributed by atoms with Crippen LogP contribution >= 0.6 is 0 Å². The summed E-state index contributed by atoms with van der Waals surface area (Å²) in [6, 6.07) is 7.23. The maximum atomic E-state index is 11.6. The van der Waals surface area contributed by atoms with Crippen LogP contribution < -0.4 is 5.73 Å². The van der Waals surface area contributed by atoms with Crippen molar-refractivity contribution in [3.8, 4) is 0 Å². The van der Waals surface area contributed by atoms with Crippen LogP contribution in [0.4, 0.5) is 0 Å². The SMILES string of the molecule is CCCCCCOC(=O)c1ccc(CN)cc1. The number of benzene rings is 1. The van der Waals surface area contributed by atoms with Gasteiger partial charge in [-0.15, -0.1) is 0 Å². The first-order valence-electron chi connectivity index (χ1n) is 6.24. The summed E-state index contributed by atoms with van der Waals surface area (Å²) < 4.78 is 5.18. The Balaban J connectivity index is 2.31. The minimum absolute atomic E-state index is 0.245. The minimum atomic E-state index is -0.245. The monoisotopic (exact) mass is 235 g/mol. The van der Waals surface area contributed by atoms with Gasteiger partial charge < -0.3 is 10.5 Å². The molecule has 3 nitrogen and oxygen atoms in total. The second-order valence-corrected chi connectivity index (χ2v) is 4.10. The van der Waals surface area contributed by atoms with Gasteiger partial charge in [0, 0.05) is 6.54 Å². The molecule has 0 aliphatic rings. The maximum Gasteiger partial charge on any atom is 0.338 e. The van der Waals surface area contributed by atoms with E-state index in [-0.39, 0.29) is 5.97 Å². The fraction of sp³-hybridized carbons (Fsp3) is 0.500. The van der Waals surface area contributed by atoms with E-state index in [2.05, 4.69) is 6.92 Å². The second-order valence-electron chi connectivity index (χ2n) is 4.10. The van der Waals surface area contributed by atoms with E-state index < -0.39 is 0 Å². The number of hydrogen-bond donors (Lipinski definition) is 1. The summed E-state index contributed by atoms with van der Waals surface area (Å²) in [6.45, 7) is 3.16. The summed E-state index contributed by atoms with van der Waals surface area (Å²) >= 11 is 0. The molecule has 2 N–H and O–H groups in total. The quantitative estimate of drug-likeness (QED) is 0.584. The largest absolute Gasteiger partial charge is 0.462 e. The fourth-order valence-corrected chi connectivity index (χ4v) is 1.55. The van der Waals surface area contributed by atoms with Crippen LogP contribution in [0.2, 0.25) is 0 Å². The summed E-state index contributed by atoms with van der Waals surface area (Å²) in [5, 5.41) is 0. The highest BCUT2D eigenvalue weighted by Crippen LogP contribution is 2.06. The van der Waals surface area contributed by atoms with E-state index in [4.69, 9.17) is 10.5 Å². The number of ether oxygens (including phenoxy) is 1. The van der Waals surface area contributed by atoms with E-state index in [9.17, 15) is 4.79 Å². The third kappa shape index (κ3) is 5.00. The van der Waals surface area contributed by atoms with Crippen molar-refractivity contribution in [2.75, 3.05) is 6.61 Å². The summed E-state index contributed by atoms with van der Waals surface area (Å²) in [5.41, 5.74) is 7.10. The molecule has 0 saturated carbocycles. The Morgan fingerprint density at radius 2 is 1.88 bits per heavy atom. The number of rotatable bonds is 7. The Morgan fingerprint density at radius 3 is 2.47 bits per heavy atom. The molecule has 1 aromatic carbocycles. The molecule has 17 heavy (non-hydrogen) atoms. The fourth-order valence-electron chi connectivity index (χ4n) is 1.55. The molecule has 0 saturated heterocycles. The van der Waals surface area contributed by atoms with Crippen molar-refractivity contribution >= 4 is 5.97 Å². The smallest absolute Gasteiger partial charge is 0.338 e. The minimum Gasteiger partial charge on any atom is -0.462 e. The molecule has 0 atom stereocenters. The average Bonchev–Trinajstić information content (AvgIpc) is 2.38. The van der Waals surface area contributed by atoms with Gasteiger partial charge in [0.05, 0.1) is 12.2 Å². The van der Waals surface area contributed by atoms with Crippen molar-refractivity contribution < 1.29 is 9.53 Å². The van der Waals surface area contributed by atoms with E-state index in [0.717, 1.165) is 18.4 Å². The van der Waals surface area contributed by atoms with Gasteiger partial charge in [0.25, 0.3) is 0 Å². The molecule has 0 spiro atoms. The molecule has 1 aromatic rings. The van der Waals surface area contributed by atoms with Gasteiger partial charge >= 0.3 is 5.97 Å². The van der Waals surface area contributed by atoms with Crippen molar-refractivity contribution in [2.45, 2.75) is 39.2 Å². The van der Waals surface area contributed by atoms with Crippen LogP contribution in [-0.2, 0) is 11.3 Å². The van der Waals surface area contributed by atoms with Gasteiger partial charge in [0.15, 0.2) is 0 Å². The Labute approximate surface area is 103 Å². The number of hydrogen-bond acceptors (Lipinski definition) is 3. The van der Waals surface area contributed by atoms with Crippen LogP contribution in [0.25, 0.3) is 0 Å². The first-order valence-corrected chi connectivity index (χ1v) is 6.24. The summed E-state index contributed by atoms with van der Waals surface area (Å²) in [7, 11) is 0. The first kappa shape index (κ1) is 13.7. The van der Waals surface area contributed by atoms with Crippen LogP contribution in [0.3, 0.4) is 0 Å². The Hall–Kier alpha value is -1.35. The molecule has 0 unspecified atom stereocenters. The third-order valence-electron chi connectivity index (χ3n) is 2.66. The van der Waals surface area contributed by atoms with E-state index in [1.165, 1.54) is 12.8 Å². The third-order valence-corrected chi connectivity index (χ3v) is 2.66. The molecule has 0 heterocycles. The standard InChI is InChI=1S/C14H21NO2/c1-2-3-4-5-10-17-14(16)13-8-6-12(11-15)7-9-13/h6-9H,2-5,10-11,15H2,1H3. The molecule has 0 aromatic heterocycles. The molecule has 0 bridgehead atoms. The number of unbranched alkanes of at least 4 members (excludes halogenated alkanes) is 3. The van der Waals surface area contributed by atoms with Crippen LogP contribution in [0.5, 0.6) is 0 Å². The predicted octanol–water partition coefficient (Wildman–Crippen LogP) is 2.88. The molecule has 1 rings (SSSR count). The number of carbonyl (C=O) groups excluding carboxylic acids is 1. The average molecular weight is 235 g/mol. The predicted molar refractivity (Wildman–Crippen MR) is 68.8 cm³/mol. The molecule has 0 radical (unpaired) electrons. The number of nitrogens with two attached hydrogens (primary N) is 1. The lowest BCUT2D eigenvalue weighted by molar-refractivity contribution is 0.0498.